The highest BCUT2D eigenvalue weighted by molar-refractivity contribution is 7.47. The van der Waals surface area contributed by atoms with Crippen LogP contribution < -0.4 is 11.5 Å². The molecule has 20 heteroatoms. The quantitative estimate of drug-likeness (QED) is 0.168. The van der Waals surface area contributed by atoms with E-state index in [1.54, 1.807) is 0 Å². The van der Waals surface area contributed by atoms with Crippen molar-refractivity contribution < 1.29 is 42.9 Å². The van der Waals surface area contributed by atoms with E-state index >= 15 is 0 Å². The Balaban J connectivity index is 1.14. The number of fused-ring (bicyclic) bond motifs is 4. The number of nitrogens with zero attached hydrogens (tertiary/aromatic N) is 8. The van der Waals surface area contributed by atoms with E-state index < -0.39 is 63.5 Å². The molecule has 19 nitrogen and oxygen atoms in total. The summed E-state index contributed by atoms with van der Waals surface area (Å²) < 4.78 is 44.6. The summed E-state index contributed by atoms with van der Waals surface area (Å²) in [5.74, 6) is 0.144. The predicted molar refractivity (Wildman–Crippen MR) is 134 cm³/mol. The van der Waals surface area contributed by atoms with Gasteiger partial charge in [-0.3, -0.25) is 18.2 Å². The summed E-state index contributed by atoms with van der Waals surface area (Å²) in [5.41, 5.74) is 12.9. The number of nitrogens with two attached hydrogens (primary N) is 2. The second-order valence-corrected chi connectivity index (χ2v) is 11.1. The second kappa shape index (κ2) is 9.86. The smallest absolute Gasteiger partial charge is 0.386 e. The van der Waals surface area contributed by atoms with Gasteiger partial charge in [0, 0.05) is 6.61 Å². The molecule has 7 N–H and O–H groups in total. The van der Waals surface area contributed by atoms with Crippen LogP contribution in [0.3, 0.4) is 0 Å². The summed E-state index contributed by atoms with van der Waals surface area (Å²) in [7, 11) is -4.77. The first kappa shape index (κ1) is 26.5. The Bertz CT molecular complexity index is 1650. The number of imidazole rings is 2. The minimum absolute atomic E-state index is 0.00569. The minimum Gasteiger partial charge on any atom is -0.386 e. The Hall–Kier alpha value is -3.39. The molecule has 4 aromatic rings. The molecule has 3 aliphatic rings. The maximum absolute atomic E-state index is 13.0. The van der Waals surface area contributed by atoms with Gasteiger partial charge in [0.05, 0.1) is 31.6 Å². The van der Waals surface area contributed by atoms with Crippen LogP contribution >= 0.6 is 7.82 Å². The Kier molecular flexibility index (Phi) is 6.38. The van der Waals surface area contributed by atoms with Gasteiger partial charge in [-0.1, -0.05) is 0 Å². The monoisotopic (exact) mass is 592 g/mol. The zero-order valence-electron chi connectivity index (χ0n) is 21.0. The van der Waals surface area contributed by atoms with Gasteiger partial charge in [0.1, 0.15) is 47.9 Å². The highest BCUT2D eigenvalue weighted by Crippen LogP contribution is 2.50. The lowest BCUT2D eigenvalue weighted by Gasteiger charge is -2.23. The molecule has 218 valence electrons. The zero-order valence-corrected chi connectivity index (χ0v) is 21.9. The topological polar surface area (TPSA) is 263 Å². The minimum atomic E-state index is -4.77. The van der Waals surface area contributed by atoms with E-state index in [1.807, 2.05) is 0 Å². The standard InChI is InChI=1S/C21H25N10O9P/c22-16-11-18(26-5-25-16)31(7-28-11)20-13(33)15-9(38-20)1-2-36-14-10(4-37-41(34,35)40-15)39-19(12(14)32)30-6-27-8-3-24-21(23)29-17(8)30/h3,5-7,9-10,12-15,19-20,32-33H,1-2,4H2,(H,34,35)(H2,22,25,26)(H2,23,24,29). The molecule has 0 bridgehead atoms. The molecule has 3 aliphatic heterocycles. The van der Waals surface area contributed by atoms with Crippen LogP contribution in [-0.2, 0) is 27.8 Å². The van der Waals surface area contributed by atoms with Crippen LogP contribution in [-0.4, -0.2) is 104 Å². The van der Waals surface area contributed by atoms with Gasteiger partial charge in [-0.05, 0) is 6.42 Å². The number of ether oxygens (including phenoxy) is 3. The number of phosphoric ester groups is 1. The van der Waals surface area contributed by atoms with Crippen LogP contribution in [0.2, 0.25) is 0 Å². The molecule has 9 unspecified atom stereocenters. The van der Waals surface area contributed by atoms with E-state index in [9.17, 15) is 19.7 Å². The number of nitrogen functional groups attached to an aromatic ring is 2. The van der Waals surface area contributed by atoms with Crippen molar-refractivity contribution in [1.29, 1.82) is 0 Å². The summed E-state index contributed by atoms with van der Waals surface area (Å²) in [4.78, 5) is 35.1. The van der Waals surface area contributed by atoms with Crippen molar-refractivity contribution in [1.82, 2.24) is 39.0 Å². The fraction of sp³-hybridized carbons (Fsp3) is 0.524. The fourth-order valence-corrected chi connectivity index (χ4v) is 6.32. The van der Waals surface area contributed by atoms with Gasteiger partial charge in [0.25, 0.3) is 0 Å². The van der Waals surface area contributed by atoms with Gasteiger partial charge < -0.3 is 40.8 Å². The largest absolute Gasteiger partial charge is 0.472 e. The molecule has 4 aromatic heterocycles. The van der Waals surface area contributed by atoms with Gasteiger partial charge in [-0.15, -0.1) is 0 Å². The summed E-state index contributed by atoms with van der Waals surface area (Å²) in [6.07, 6.45) is -3.38. The van der Waals surface area contributed by atoms with Crippen molar-refractivity contribution in [2.45, 2.75) is 55.5 Å². The van der Waals surface area contributed by atoms with E-state index in [-0.39, 0.29) is 24.8 Å². The highest BCUT2D eigenvalue weighted by Gasteiger charge is 2.52. The number of hydrogen-bond acceptors (Lipinski definition) is 16. The van der Waals surface area contributed by atoms with Crippen LogP contribution in [0.25, 0.3) is 22.3 Å². The first-order chi connectivity index (χ1) is 19.7. The van der Waals surface area contributed by atoms with E-state index in [0.717, 1.165) is 0 Å². The average Bonchev–Trinajstić information content (AvgIpc) is 3.69. The van der Waals surface area contributed by atoms with Crippen molar-refractivity contribution in [3.05, 3.63) is 25.2 Å². The summed E-state index contributed by atoms with van der Waals surface area (Å²) in [5, 5.41) is 22.3. The molecule has 3 saturated heterocycles. The third-order valence-corrected chi connectivity index (χ3v) is 8.24. The summed E-state index contributed by atoms with van der Waals surface area (Å²) in [6, 6.07) is 0. The molecule has 9 atom stereocenters. The number of hydrogen-bond donors (Lipinski definition) is 5. The third-order valence-electron chi connectivity index (χ3n) is 7.26. The average molecular weight is 592 g/mol. The fourth-order valence-electron chi connectivity index (χ4n) is 5.36. The summed E-state index contributed by atoms with van der Waals surface area (Å²) in [6.45, 7) is -0.469. The second-order valence-electron chi connectivity index (χ2n) is 9.74. The van der Waals surface area contributed by atoms with E-state index in [4.69, 9.17) is 34.7 Å². The van der Waals surface area contributed by atoms with Crippen LogP contribution in [0, 0.1) is 0 Å². The van der Waals surface area contributed by atoms with Gasteiger partial charge >= 0.3 is 7.82 Å². The van der Waals surface area contributed by atoms with Crippen LogP contribution in [0.15, 0.2) is 25.2 Å². The lowest BCUT2D eigenvalue weighted by atomic mass is 10.1. The van der Waals surface area contributed by atoms with Crippen LogP contribution in [0.1, 0.15) is 18.9 Å². The Labute approximate surface area is 229 Å². The van der Waals surface area contributed by atoms with E-state index in [2.05, 4.69) is 29.9 Å². The Morgan fingerprint density at radius 2 is 1.66 bits per heavy atom. The maximum Gasteiger partial charge on any atom is 0.472 e. The third kappa shape index (κ3) is 4.51. The predicted octanol–water partition coefficient (Wildman–Crippen LogP) is -1.36. The van der Waals surface area contributed by atoms with Crippen molar-refractivity contribution in [2.24, 2.45) is 0 Å². The van der Waals surface area contributed by atoms with Gasteiger partial charge in [-0.25, -0.2) is 29.5 Å². The van der Waals surface area contributed by atoms with Crippen molar-refractivity contribution >= 4 is 41.9 Å². The molecule has 0 aliphatic carbocycles. The number of phosphoric acid groups is 1. The first-order valence-corrected chi connectivity index (χ1v) is 14.0. The van der Waals surface area contributed by atoms with Crippen LogP contribution in [0.4, 0.5) is 11.8 Å². The molecule has 0 saturated carbocycles. The normalized spacial score (nSPS) is 36.3. The Morgan fingerprint density at radius 1 is 0.927 bits per heavy atom. The molecule has 0 radical (unpaired) electrons. The molecule has 0 aromatic carbocycles. The SMILES string of the molecule is Nc1ncc2ncn(C3OC4COP(=O)(O)OC5C(CCOC4C3O)OC(n3cnc4c(N)ncnc43)C5O)c2n1. The number of aliphatic hydroxyl groups is 2. The molecule has 0 spiro atoms. The lowest BCUT2D eigenvalue weighted by Crippen LogP contribution is -2.37. The number of aliphatic hydroxyl groups excluding tert-OH is 2. The number of aromatic nitrogens is 8. The van der Waals surface area contributed by atoms with E-state index in [0.29, 0.717) is 22.3 Å². The molecule has 7 heterocycles. The maximum atomic E-state index is 13.0. The zero-order chi connectivity index (χ0) is 28.5. The highest BCUT2D eigenvalue weighted by atomic mass is 31.2. The van der Waals surface area contributed by atoms with Crippen molar-refractivity contribution in [3.8, 4) is 0 Å². The molecule has 7 rings (SSSR count). The van der Waals surface area contributed by atoms with E-state index in [1.165, 1.54) is 34.3 Å². The lowest BCUT2D eigenvalue weighted by molar-refractivity contribution is -0.0723. The Morgan fingerprint density at radius 3 is 2.49 bits per heavy atom. The molecule has 3 fully saturated rings. The first-order valence-electron chi connectivity index (χ1n) is 12.5. The van der Waals surface area contributed by atoms with Crippen molar-refractivity contribution in [2.75, 3.05) is 24.7 Å². The molecule has 41 heavy (non-hydrogen) atoms. The molecular weight excluding hydrogens is 567 g/mol. The molecular formula is C21H25N10O9P. The summed E-state index contributed by atoms with van der Waals surface area (Å²) >= 11 is 0. The van der Waals surface area contributed by atoms with Crippen LogP contribution in [0.5, 0.6) is 0 Å². The molecule has 0 amide bonds. The van der Waals surface area contributed by atoms with Gasteiger partial charge in [0.15, 0.2) is 29.6 Å². The van der Waals surface area contributed by atoms with Gasteiger partial charge in [0.2, 0.25) is 5.95 Å². The van der Waals surface area contributed by atoms with Gasteiger partial charge in [-0.2, -0.15) is 4.98 Å². The number of rotatable bonds is 2. The van der Waals surface area contributed by atoms with Crippen molar-refractivity contribution in [3.63, 3.8) is 0 Å². The number of anilines is 2.